The van der Waals surface area contributed by atoms with E-state index in [1.54, 1.807) is 42.4 Å². The van der Waals surface area contributed by atoms with E-state index in [0.717, 1.165) is 29.9 Å². The Balaban J connectivity index is 1.37. The molecule has 30 heavy (non-hydrogen) atoms. The Bertz CT molecular complexity index is 1040. The van der Waals surface area contributed by atoms with Gasteiger partial charge in [0, 0.05) is 37.5 Å². The van der Waals surface area contributed by atoms with E-state index < -0.39 is 15.1 Å². The van der Waals surface area contributed by atoms with Gasteiger partial charge in [0.2, 0.25) is 11.8 Å². The molecule has 1 fully saturated rings. The molecular formula is C22H26N2O5S. The van der Waals surface area contributed by atoms with Crippen LogP contribution < -0.4 is 10.2 Å². The Kier molecular flexibility index (Phi) is 5.69. The lowest BCUT2D eigenvalue weighted by molar-refractivity contribution is -0.121. The van der Waals surface area contributed by atoms with Gasteiger partial charge in [-0.25, -0.2) is 8.42 Å². The Hall–Kier alpha value is -2.61. The summed E-state index contributed by atoms with van der Waals surface area (Å²) in [4.78, 5) is 26.6. The van der Waals surface area contributed by atoms with Gasteiger partial charge in [0.15, 0.2) is 9.84 Å². The summed E-state index contributed by atoms with van der Waals surface area (Å²) < 4.78 is 31.2. The van der Waals surface area contributed by atoms with Crippen molar-refractivity contribution < 1.29 is 22.4 Å². The largest absolute Gasteiger partial charge is 0.469 e. The van der Waals surface area contributed by atoms with Crippen molar-refractivity contribution in [3.63, 3.8) is 0 Å². The zero-order valence-electron chi connectivity index (χ0n) is 17.0. The maximum atomic E-state index is 13.0. The summed E-state index contributed by atoms with van der Waals surface area (Å²) >= 11 is 0. The summed E-state index contributed by atoms with van der Waals surface area (Å²) in [6.07, 6.45) is 4.56. The molecule has 0 saturated heterocycles. The maximum Gasteiger partial charge on any atom is 0.230 e. The molecule has 1 aromatic heterocycles. The van der Waals surface area contributed by atoms with E-state index in [1.165, 1.54) is 0 Å². The fourth-order valence-corrected chi connectivity index (χ4v) is 5.19. The van der Waals surface area contributed by atoms with Crippen molar-refractivity contribution in [1.82, 2.24) is 5.32 Å². The van der Waals surface area contributed by atoms with Crippen LogP contribution in [0.2, 0.25) is 0 Å². The molecule has 2 aliphatic rings. The molecule has 1 unspecified atom stereocenters. The molecule has 0 spiro atoms. The van der Waals surface area contributed by atoms with Crippen LogP contribution >= 0.6 is 0 Å². The highest BCUT2D eigenvalue weighted by molar-refractivity contribution is 7.92. The predicted molar refractivity (Wildman–Crippen MR) is 112 cm³/mol. The van der Waals surface area contributed by atoms with E-state index >= 15 is 0 Å². The number of carbonyl (C=O) groups is 2. The molecular weight excluding hydrogens is 404 g/mol. The van der Waals surface area contributed by atoms with Gasteiger partial charge in [-0.05, 0) is 62.1 Å². The number of rotatable bonds is 8. The van der Waals surface area contributed by atoms with Crippen molar-refractivity contribution in [2.24, 2.45) is 5.92 Å². The van der Waals surface area contributed by atoms with Gasteiger partial charge in [0.1, 0.15) is 5.76 Å². The summed E-state index contributed by atoms with van der Waals surface area (Å²) in [5.41, 5.74) is 1.69. The molecule has 1 aliphatic heterocycles. The van der Waals surface area contributed by atoms with Crippen molar-refractivity contribution in [1.29, 1.82) is 0 Å². The van der Waals surface area contributed by atoms with Crippen LogP contribution in [-0.2, 0) is 32.3 Å². The molecule has 1 saturated carbocycles. The topological polar surface area (TPSA) is 96.7 Å². The third-order valence-corrected chi connectivity index (χ3v) is 7.88. The Morgan fingerprint density at radius 3 is 2.77 bits per heavy atom. The molecule has 2 amide bonds. The number of nitrogens with one attached hydrogen (secondary N) is 1. The van der Waals surface area contributed by atoms with Gasteiger partial charge < -0.3 is 14.6 Å². The van der Waals surface area contributed by atoms with Crippen molar-refractivity contribution in [3.05, 3.63) is 47.9 Å². The molecule has 7 nitrogen and oxygen atoms in total. The van der Waals surface area contributed by atoms with Gasteiger partial charge in [0.25, 0.3) is 0 Å². The number of nitrogens with zero attached hydrogens (tertiary/aromatic N) is 1. The molecule has 2 heterocycles. The maximum absolute atomic E-state index is 13.0. The first-order valence-corrected chi connectivity index (χ1v) is 11.9. The average Bonchev–Trinajstić information content (AvgIpc) is 3.28. The van der Waals surface area contributed by atoms with Crippen LogP contribution in [0.3, 0.4) is 0 Å². The lowest BCUT2D eigenvalue weighted by Crippen LogP contribution is -2.31. The quantitative estimate of drug-likeness (QED) is 0.694. The number of anilines is 1. The van der Waals surface area contributed by atoms with E-state index in [0.29, 0.717) is 25.9 Å². The fraction of sp³-hybridized carbons (Fsp3) is 0.455. The van der Waals surface area contributed by atoms with Crippen molar-refractivity contribution in [3.8, 4) is 0 Å². The highest BCUT2D eigenvalue weighted by Crippen LogP contribution is 2.37. The van der Waals surface area contributed by atoms with Crippen LogP contribution in [-0.4, -0.2) is 38.6 Å². The van der Waals surface area contributed by atoms with Gasteiger partial charge in [-0.2, -0.15) is 0 Å². The number of hydrogen-bond donors (Lipinski definition) is 1. The van der Waals surface area contributed by atoms with Crippen molar-refractivity contribution >= 4 is 27.3 Å². The van der Waals surface area contributed by atoms with E-state index in [4.69, 9.17) is 4.42 Å². The highest BCUT2D eigenvalue weighted by atomic mass is 32.2. The minimum absolute atomic E-state index is 0.107. The first-order chi connectivity index (χ1) is 14.4. The number of amides is 2. The van der Waals surface area contributed by atoms with Gasteiger partial charge in [0.05, 0.1) is 16.4 Å². The number of hydrogen-bond acceptors (Lipinski definition) is 5. The van der Waals surface area contributed by atoms with E-state index in [2.05, 4.69) is 5.32 Å². The molecule has 2 aromatic rings. The molecule has 1 aliphatic carbocycles. The van der Waals surface area contributed by atoms with Crippen LogP contribution in [0.5, 0.6) is 0 Å². The van der Waals surface area contributed by atoms with Crippen LogP contribution in [0, 0.1) is 5.92 Å². The standard InChI is InChI=1S/C22H26N2O5S/c1-15(13-21(25)23-10-8-18-3-2-12-29-18)30(27,28)19-6-7-20-17(14-19)9-11-24(20)22(26)16-4-5-16/h2-3,6-7,12,14-16H,4-5,8-11,13H2,1H3,(H,23,25). The zero-order chi connectivity index (χ0) is 21.3. The fourth-order valence-electron chi connectivity index (χ4n) is 3.79. The zero-order valence-corrected chi connectivity index (χ0v) is 17.8. The molecule has 160 valence electrons. The second-order valence-electron chi connectivity index (χ2n) is 8.04. The predicted octanol–water partition coefficient (Wildman–Crippen LogP) is 2.49. The van der Waals surface area contributed by atoms with E-state index in [-0.39, 0.29) is 29.0 Å². The number of carbonyl (C=O) groups excluding carboxylic acids is 2. The second-order valence-corrected chi connectivity index (χ2v) is 10.4. The van der Waals surface area contributed by atoms with Crippen molar-refractivity contribution in [2.75, 3.05) is 18.0 Å². The first kappa shape index (κ1) is 20.7. The number of fused-ring (bicyclic) bond motifs is 1. The third kappa shape index (κ3) is 4.28. The normalized spacial score (nSPS) is 16.9. The molecule has 1 N–H and O–H groups in total. The SMILES string of the molecule is CC(CC(=O)NCCc1ccco1)S(=O)(=O)c1ccc2c(c1)CCN2C(=O)C1CC1. The van der Waals surface area contributed by atoms with Crippen LogP contribution in [0.4, 0.5) is 5.69 Å². The molecule has 0 bridgehead atoms. The first-order valence-electron chi connectivity index (χ1n) is 10.3. The van der Waals surface area contributed by atoms with Gasteiger partial charge in [-0.15, -0.1) is 0 Å². The summed E-state index contributed by atoms with van der Waals surface area (Å²) in [5, 5.41) is 1.90. The lowest BCUT2D eigenvalue weighted by atomic mass is 10.2. The second kappa shape index (κ2) is 8.26. The number of furan rings is 1. The number of benzene rings is 1. The van der Waals surface area contributed by atoms with Gasteiger partial charge >= 0.3 is 0 Å². The van der Waals surface area contributed by atoms with Gasteiger partial charge in [-0.1, -0.05) is 0 Å². The van der Waals surface area contributed by atoms with E-state index in [9.17, 15) is 18.0 Å². The smallest absolute Gasteiger partial charge is 0.230 e. The van der Waals surface area contributed by atoms with Crippen LogP contribution in [0.15, 0.2) is 45.9 Å². The summed E-state index contributed by atoms with van der Waals surface area (Å²) in [7, 11) is -3.65. The average molecular weight is 431 g/mol. The summed E-state index contributed by atoms with van der Waals surface area (Å²) in [5.74, 6) is 0.734. The highest BCUT2D eigenvalue weighted by Gasteiger charge is 2.37. The Labute approximate surface area is 176 Å². The van der Waals surface area contributed by atoms with Crippen LogP contribution in [0.25, 0.3) is 0 Å². The Morgan fingerprint density at radius 2 is 2.07 bits per heavy atom. The molecule has 1 atom stereocenters. The summed E-state index contributed by atoms with van der Waals surface area (Å²) in [6, 6.07) is 8.55. The summed E-state index contributed by atoms with van der Waals surface area (Å²) in [6.45, 7) is 2.54. The molecule has 0 radical (unpaired) electrons. The van der Waals surface area contributed by atoms with E-state index in [1.807, 2.05) is 6.07 Å². The van der Waals surface area contributed by atoms with Gasteiger partial charge in [-0.3, -0.25) is 9.59 Å². The number of sulfone groups is 1. The monoisotopic (exact) mass is 430 g/mol. The molecule has 4 rings (SSSR count). The Morgan fingerprint density at radius 1 is 1.27 bits per heavy atom. The van der Waals surface area contributed by atoms with Crippen molar-refractivity contribution in [2.45, 2.75) is 49.2 Å². The van der Waals surface area contributed by atoms with Crippen LogP contribution in [0.1, 0.15) is 37.5 Å². The minimum atomic E-state index is -3.65. The lowest BCUT2D eigenvalue weighted by Gasteiger charge is -2.18. The minimum Gasteiger partial charge on any atom is -0.469 e. The molecule has 1 aromatic carbocycles. The molecule has 8 heteroatoms. The third-order valence-electron chi connectivity index (χ3n) is 5.74.